The number of alkyl halides is 1. The quantitative estimate of drug-likeness (QED) is 0.791. The Hall–Kier alpha value is -1.90. The van der Waals surface area contributed by atoms with Gasteiger partial charge in [0.1, 0.15) is 24.1 Å². The molecule has 2 unspecified atom stereocenters. The fourth-order valence-electron chi connectivity index (χ4n) is 4.48. The van der Waals surface area contributed by atoms with Gasteiger partial charge in [0.25, 0.3) is 0 Å². The number of nitrogens with zero attached hydrogens (tertiary/aromatic N) is 2. The summed E-state index contributed by atoms with van der Waals surface area (Å²) >= 11 is 1.74. The normalized spacial score (nSPS) is 31.8. The number of aromatic nitrogens is 2. The minimum absolute atomic E-state index is 0.0112. The zero-order valence-electron chi connectivity index (χ0n) is 15.0. The van der Waals surface area contributed by atoms with E-state index in [2.05, 4.69) is 27.3 Å². The van der Waals surface area contributed by atoms with Crippen LogP contribution in [0, 0.1) is 0 Å². The topological polar surface area (TPSA) is 65.7 Å². The Morgan fingerprint density at radius 3 is 3.15 bits per heavy atom. The van der Waals surface area contributed by atoms with Gasteiger partial charge in [0, 0.05) is 49.1 Å². The zero-order chi connectivity index (χ0) is 18.1. The zero-order valence-corrected chi connectivity index (χ0v) is 15.8. The third kappa shape index (κ3) is 2.54. The smallest absolute Gasteiger partial charge is 0.160 e. The minimum Gasteiger partial charge on any atom is -0.488 e. The summed E-state index contributed by atoms with van der Waals surface area (Å²) in [6, 6.07) is 0. The summed E-state index contributed by atoms with van der Waals surface area (Å²) in [6.07, 6.45) is 4.70. The lowest BCUT2D eigenvalue weighted by Gasteiger charge is -2.28. The SMILES string of the molecule is C[C@H]1CC2=C(CN3CC[C@H](F)C3)NC3OC3c3sc(-c4cn[nH]c4)c(c32)O1. The van der Waals surface area contributed by atoms with E-state index < -0.39 is 6.17 Å². The van der Waals surface area contributed by atoms with Crippen molar-refractivity contribution in [1.82, 2.24) is 20.4 Å². The van der Waals surface area contributed by atoms with Crippen molar-refractivity contribution in [3.8, 4) is 16.2 Å². The van der Waals surface area contributed by atoms with E-state index in [1.807, 2.05) is 12.4 Å². The molecule has 2 fully saturated rings. The first kappa shape index (κ1) is 16.1. The molecule has 6 nitrogen and oxygen atoms in total. The lowest BCUT2D eigenvalue weighted by molar-refractivity contribution is 0.218. The standard InChI is InChI=1S/C19H21FN4O2S/c1-9-4-12-13(8-24-3-2-11(20)7-24)23-19-16(26-19)18-14(12)15(25-9)17(27-18)10-5-21-22-6-10/h5-6,9,11,16,19,23H,2-4,7-8H2,1H3,(H,21,22)/t9-,11-,16?,19?/m0/s1. The van der Waals surface area contributed by atoms with E-state index in [-0.39, 0.29) is 18.4 Å². The summed E-state index contributed by atoms with van der Waals surface area (Å²) in [5.41, 5.74) is 4.71. The summed E-state index contributed by atoms with van der Waals surface area (Å²) in [6.45, 7) is 4.18. The Kier molecular flexibility index (Phi) is 3.45. The summed E-state index contributed by atoms with van der Waals surface area (Å²) in [4.78, 5) is 4.55. The van der Waals surface area contributed by atoms with E-state index in [4.69, 9.17) is 9.47 Å². The van der Waals surface area contributed by atoms with E-state index in [1.165, 1.54) is 21.7 Å². The number of ether oxygens (including phenoxy) is 2. The van der Waals surface area contributed by atoms with Crippen LogP contribution < -0.4 is 10.1 Å². The molecule has 6 rings (SSSR count). The predicted molar refractivity (Wildman–Crippen MR) is 100 cm³/mol. The van der Waals surface area contributed by atoms with Crippen molar-refractivity contribution in [2.24, 2.45) is 0 Å². The monoisotopic (exact) mass is 388 g/mol. The number of fused-ring (bicyclic) bond motifs is 2. The van der Waals surface area contributed by atoms with Crippen LogP contribution in [0.3, 0.4) is 0 Å². The highest BCUT2D eigenvalue weighted by Crippen LogP contribution is 2.57. The van der Waals surface area contributed by atoms with Gasteiger partial charge in [-0.1, -0.05) is 0 Å². The second-order valence-electron chi connectivity index (χ2n) is 7.82. The van der Waals surface area contributed by atoms with Crippen molar-refractivity contribution in [2.45, 2.75) is 44.4 Å². The maximum absolute atomic E-state index is 13.7. The maximum atomic E-state index is 13.7. The highest BCUT2D eigenvalue weighted by Gasteiger charge is 2.49. The lowest BCUT2D eigenvalue weighted by Crippen LogP contribution is -2.32. The van der Waals surface area contributed by atoms with Crippen LogP contribution in [0.1, 0.15) is 36.3 Å². The molecule has 8 heteroatoms. The van der Waals surface area contributed by atoms with E-state index in [1.54, 1.807) is 11.3 Å². The molecule has 0 saturated carbocycles. The van der Waals surface area contributed by atoms with Crippen LogP contribution in [-0.2, 0) is 4.74 Å². The van der Waals surface area contributed by atoms with Crippen molar-refractivity contribution < 1.29 is 13.9 Å². The Morgan fingerprint density at radius 2 is 2.37 bits per heavy atom. The highest BCUT2D eigenvalue weighted by molar-refractivity contribution is 7.16. The van der Waals surface area contributed by atoms with Gasteiger partial charge < -0.3 is 14.8 Å². The average molecular weight is 388 g/mol. The van der Waals surface area contributed by atoms with E-state index >= 15 is 0 Å². The Labute approximate surface area is 160 Å². The second-order valence-corrected chi connectivity index (χ2v) is 8.87. The summed E-state index contributed by atoms with van der Waals surface area (Å²) < 4.78 is 25.9. The number of epoxide rings is 1. The van der Waals surface area contributed by atoms with Crippen molar-refractivity contribution >= 4 is 16.9 Å². The molecule has 4 atom stereocenters. The van der Waals surface area contributed by atoms with Crippen LogP contribution in [0.15, 0.2) is 18.1 Å². The molecule has 2 saturated heterocycles. The summed E-state index contributed by atoms with van der Waals surface area (Å²) in [7, 11) is 0. The molecule has 0 aliphatic carbocycles. The molecule has 0 radical (unpaired) electrons. The number of H-pyrrole nitrogens is 1. The molecular formula is C19H21FN4O2S. The molecule has 6 heterocycles. The van der Waals surface area contributed by atoms with Crippen molar-refractivity contribution in [1.29, 1.82) is 0 Å². The van der Waals surface area contributed by atoms with Crippen LogP contribution in [-0.4, -0.2) is 53.2 Å². The number of hydrogen-bond donors (Lipinski definition) is 2. The maximum Gasteiger partial charge on any atom is 0.160 e. The number of aromatic amines is 1. The van der Waals surface area contributed by atoms with Crippen LogP contribution >= 0.6 is 11.3 Å². The summed E-state index contributed by atoms with van der Waals surface area (Å²) in [5.74, 6) is 0.949. The Morgan fingerprint density at radius 1 is 1.44 bits per heavy atom. The fraction of sp³-hybridized carbons (Fsp3) is 0.526. The number of likely N-dealkylation sites (tertiary alicyclic amines) is 1. The molecule has 0 bridgehead atoms. The van der Waals surface area contributed by atoms with Gasteiger partial charge in [-0.25, -0.2) is 4.39 Å². The van der Waals surface area contributed by atoms with E-state index in [0.29, 0.717) is 13.0 Å². The molecule has 27 heavy (non-hydrogen) atoms. The molecule has 142 valence electrons. The molecule has 2 aromatic rings. The van der Waals surface area contributed by atoms with Gasteiger partial charge in [-0.15, -0.1) is 11.3 Å². The van der Waals surface area contributed by atoms with Gasteiger partial charge in [0.2, 0.25) is 0 Å². The van der Waals surface area contributed by atoms with Crippen molar-refractivity contribution in [3.05, 3.63) is 28.5 Å². The average Bonchev–Trinajstić information content (AvgIpc) is 3.02. The highest BCUT2D eigenvalue weighted by atomic mass is 32.1. The fourth-order valence-corrected chi connectivity index (χ4v) is 5.78. The van der Waals surface area contributed by atoms with Gasteiger partial charge in [-0.3, -0.25) is 10.00 Å². The predicted octanol–water partition coefficient (Wildman–Crippen LogP) is 3.06. The third-order valence-electron chi connectivity index (χ3n) is 5.79. The van der Waals surface area contributed by atoms with Gasteiger partial charge >= 0.3 is 0 Å². The van der Waals surface area contributed by atoms with E-state index in [0.717, 1.165) is 35.7 Å². The van der Waals surface area contributed by atoms with Crippen LogP contribution in [0.5, 0.6) is 5.75 Å². The summed E-state index contributed by atoms with van der Waals surface area (Å²) in [5, 5.41) is 10.6. The first-order valence-electron chi connectivity index (χ1n) is 9.50. The van der Waals surface area contributed by atoms with Crippen LogP contribution in [0.25, 0.3) is 16.0 Å². The van der Waals surface area contributed by atoms with Crippen molar-refractivity contribution in [2.75, 3.05) is 19.6 Å². The molecule has 2 aromatic heterocycles. The molecule has 2 N–H and O–H groups in total. The van der Waals surface area contributed by atoms with E-state index in [9.17, 15) is 4.39 Å². The van der Waals surface area contributed by atoms with Gasteiger partial charge in [0.05, 0.1) is 16.0 Å². The van der Waals surface area contributed by atoms with Crippen molar-refractivity contribution in [3.63, 3.8) is 0 Å². The number of rotatable bonds is 3. The van der Waals surface area contributed by atoms with Gasteiger partial charge in [-0.05, 0) is 18.9 Å². The molecule has 0 amide bonds. The Bertz CT molecular complexity index is 925. The largest absolute Gasteiger partial charge is 0.488 e. The Balaban J connectivity index is 1.48. The molecule has 4 aliphatic rings. The molecule has 0 aromatic carbocycles. The number of thiophene rings is 1. The first-order chi connectivity index (χ1) is 13.2. The number of nitrogens with one attached hydrogen (secondary N) is 2. The van der Waals surface area contributed by atoms with Crippen LogP contribution in [0.4, 0.5) is 4.39 Å². The van der Waals surface area contributed by atoms with Gasteiger partial charge in [-0.2, -0.15) is 5.10 Å². The van der Waals surface area contributed by atoms with Crippen LogP contribution in [0.2, 0.25) is 0 Å². The molecule has 0 spiro atoms. The molecule has 4 aliphatic heterocycles. The number of hydrogen-bond acceptors (Lipinski definition) is 6. The number of halogens is 1. The third-order valence-corrected chi connectivity index (χ3v) is 7.07. The molecular weight excluding hydrogens is 367 g/mol. The minimum atomic E-state index is -0.708. The first-order valence-corrected chi connectivity index (χ1v) is 10.3. The lowest BCUT2D eigenvalue weighted by atomic mass is 9.94. The second kappa shape index (κ2) is 5.80. The van der Waals surface area contributed by atoms with Gasteiger partial charge in [0.15, 0.2) is 6.23 Å².